The van der Waals surface area contributed by atoms with E-state index in [2.05, 4.69) is 34.6 Å². The summed E-state index contributed by atoms with van der Waals surface area (Å²) in [6.45, 7) is 1.91. The second-order valence-corrected chi connectivity index (χ2v) is 8.90. The average Bonchev–Trinajstić information content (AvgIpc) is 2.91. The lowest BCUT2D eigenvalue weighted by atomic mass is 10.0. The maximum absolute atomic E-state index is 12.9. The van der Waals surface area contributed by atoms with E-state index in [4.69, 9.17) is 11.5 Å². The zero-order valence-corrected chi connectivity index (χ0v) is 20.8. The SMILES string of the molecule is Cc1ccc(N=C(N)c2ccccc2C(N)=O)cc1NC(=O)c1ccc(CCCc2ccccc2)cc1. The van der Waals surface area contributed by atoms with Crippen molar-refractivity contribution in [1.29, 1.82) is 0 Å². The summed E-state index contributed by atoms with van der Waals surface area (Å²) >= 11 is 0. The van der Waals surface area contributed by atoms with Gasteiger partial charge in [-0.05, 0) is 73.2 Å². The first kappa shape index (κ1) is 25.4. The Balaban J connectivity index is 1.42. The van der Waals surface area contributed by atoms with E-state index in [9.17, 15) is 9.59 Å². The highest BCUT2D eigenvalue weighted by Crippen LogP contribution is 2.24. The Morgan fingerprint density at radius 3 is 2.05 bits per heavy atom. The molecule has 2 amide bonds. The Kier molecular flexibility index (Phi) is 8.11. The number of amidine groups is 1. The Morgan fingerprint density at radius 2 is 1.38 bits per heavy atom. The average molecular weight is 491 g/mol. The second kappa shape index (κ2) is 11.8. The van der Waals surface area contributed by atoms with Crippen LogP contribution in [0.5, 0.6) is 0 Å². The van der Waals surface area contributed by atoms with Crippen molar-refractivity contribution in [2.45, 2.75) is 26.2 Å². The highest BCUT2D eigenvalue weighted by molar-refractivity contribution is 6.09. The number of nitrogens with zero attached hydrogens (tertiary/aromatic N) is 1. The van der Waals surface area contributed by atoms with Crippen molar-refractivity contribution in [1.82, 2.24) is 0 Å². The molecule has 0 saturated carbocycles. The molecule has 37 heavy (non-hydrogen) atoms. The van der Waals surface area contributed by atoms with Gasteiger partial charge in [-0.25, -0.2) is 4.99 Å². The summed E-state index contributed by atoms with van der Waals surface area (Å²) in [5, 5.41) is 2.97. The minimum atomic E-state index is -0.576. The fourth-order valence-corrected chi connectivity index (χ4v) is 4.09. The van der Waals surface area contributed by atoms with Crippen molar-refractivity contribution in [3.05, 3.63) is 130 Å². The summed E-state index contributed by atoms with van der Waals surface area (Å²) in [5.74, 6) is -0.613. The molecule has 0 saturated heterocycles. The molecule has 0 radical (unpaired) electrons. The number of aryl methyl sites for hydroxylation is 3. The van der Waals surface area contributed by atoms with Crippen LogP contribution in [-0.4, -0.2) is 17.6 Å². The molecular formula is C31H30N4O2. The highest BCUT2D eigenvalue weighted by atomic mass is 16.2. The number of hydrogen-bond donors (Lipinski definition) is 3. The van der Waals surface area contributed by atoms with Crippen molar-refractivity contribution in [2.24, 2.45) is 16.5 Å². The Labute approximate surface area is 217 Å². The summed E-state index contributed by atoms with van der Waals surface area (Å²) in [6, 6.07) is 30.3. The van der Waals surface area contributed by atoms with E-state index in [1.54, 1.807) is 36.4 Å². The largest absolute Gasteiger partial charge is 0.383 e. The van der Waals surface area contributed by atoms with Gasteiger partial charge in [0.25, 0.3) is 5.91 Å². The normalized spacial score (nSPS) is 11.2. The number of aliphatic imine (C=N–C) groups is 1. The molecule has 5 N–H and O–H groups in total. The molecule has 4 aromatic carbocycles. The fraction of sp³-hybridized carbons (Fsp3) is 0.129. The molecular weight excluding hydrogens is 460 g/mol. The van der Waals surface area contributed by atoms with Gasteiger partial charge in [-0.15, -0.1) is 0 Å². The van der Waals surface area contributed by atoms with Gasteiger partial charge in [0, 0.05) is 16.8 Å². The molecule has 0 aliphatic carbocycles. The highest BCUT2D eigenvalue weighted by Gasteiger charge is 2.12. The molecule has 0 aliphatic rings. The first-order chi connectivity index (χ1) is 17.9. The van der Waals surface area contributed by atoms with Crippen LogP contribution in [0.3, 0.4) is 0 Å². The number of hydrogen-bond acceptors (Lipinski definition) is 3. The zero-order chi connectivity index (χ0) is 26.2. The molecule has 186 valence electrons. The summed E-state index contributed by atoms with van der Waals surface area (Å²) in [7, 11) is 0. The molecule has 0 heterocycles. The van der Waals surface area contributed by atoms with Crippen molar-refractivity contribution < 1.29 is 9.59 Å². The van der Waals surface area contributed by atoms with Gasteiger partial charge in [0.2, 0.25) is 5.91 Å². The number of nitrogens with two attached hydrogens (primary N) is 2. The monoisotopic (exact) mass is 490 g/mol. The minimum Gasteiger partial charge on any atom is -0.383 e. The number of anilines is 1. The first-order valence-corrected chi connectivity index (χ1v) is 12.2. The van der Waals surface area contributed by atoms with Crippen molar-refractivity contribution in [2.75, 3.05) is 5.32 Å². The predicted molar refractivity (Wildman–Crippen MR) is 149 cm³/mol. The first-order valence-electron chi connectivity index (χ1n) is 12.2. The van der Waals surface area contributed by atoms with Gasteiger partial charge in [-0.2, -0.15) is 0 Å². The third-order valence-corrected chi connectivity index (χ3v) is 6.18. The van der Waals surface area contributed by atoms with Crippen LogP contribution in [0, 0.1) is 6.92 Å². The number of nitrogens with one attached hydrogen (secondary N) is 1. The van der Waals surface area contributed by atoms with Crippen LogP contribution in [-0.2, 0) is 12.8 Å². The zero-order valence-electron chi connectivity index (χ0n) is 20.8. The summed E-state index contributed by atoms with van der Waals surface area (Å²) in [6.07, 6.45) is 3.03. The Bertz CT molecular complexity index is 1430. The molecule has 0 atom stereocenters. The van der Waals surface area contributed by atoms with Gasteiger partial charge in [0.1, 0.15) is 5.84 Å². The number of carbonyl (C=O) groups excluding carboxylic acids is 2. The Hall–Kier alpha value is -4.71. The van der Waals surface area contributed by atoms with Crippen molar-refractivity contribution in [3.63, 3.8) is 0 Å². The van der Waals surface area contributed by atoms with Gasteiger partial charge in [0.15, 0.2) is 0 Å². The van der Waals surface area contributed by atoms with E-state index in [0.717, 1.165) is 24.8 Å². The van der Waals surface area contributed by atoms with E-state index < -0.39 is 5.91 Å². The van der Waals surface area contributed by atoms with Gasteiger partial charge >= 0.3 is 0 Å². The third-order valence-electron chi connectivity index (χ3n) is 6.18. The quantitative estimate of drug-likeness (QED) is 0.211. The van der Waals surface area contributed by atoms with E-state index >= 15 is 0 Å². The van der Waals surface area contributed by atoms with E-state index in [-0.39, 0.29) is 11.7 Å². The van der Waals surface area contributed by atoms with Crippen LogP contribution in [0.2, 0.25) is 0 Å². The van der Waals surface area contributed by atoms with Crippen LogP contribution in [0.4, 0.5) is 11.4 Å². The predicted octanol–water partition coefficient (Wildman–Crippen LogP) is 5.56. The molecule has 0 aliphatic heterocycles. The van der Waals surface area contributed by atoms with E-state index in [0.29, 0.717) is 28.1 Å². The number of rotatable bonds is 9. The standard InChI is InChI=1S/C31H30N4O2/c1-21-14-19-25(34-29(32)26-12-5-6-13-27(26)30(33)36)20-28(21)35-31(37)24-17-15-23(16-18-24)11-7-10-22-8-3-2-4-9-22/h2-6,8-9,12-20H,7,10-11H2,1H3,(H2,32,34)(H2,33,36)(H,35,37). The number of primary amides is 1. The molecule has 0 fully saturated rings. The fourth-order valence-electron chi connectivity index (χ4n) is 4.09. The molecule has 6 heteroatoms. The number of carbonyl (C=O) groups is 2. The van der Waals surface area contributed by atoms with Crippen LogP contribution >= 0.6 is 0 Å². The number of amides is 2. The van der Waals surface area contributed by atoms with Crippen LogP contribution < -0.4 is 16.8 Å². The van der Waals surface area contributed by atoms with E-state index in [1.165, 1.54) is 11.1 Å². The van der Waals surface area contributed by atoms with Crippen LogP contribution in [0.25, 0.3) is 0 Å². The van der Waals surface area contributed by atoms with Gasteiger partial charge < -0.3 is 16.8 Å². The topological polar surface area (TPSA) is 111 Å². The lowest BCUT2D eigenvalue weighted by Crippen LogP contribution is -2.21. The summed E-state index contributed by atoms with van der Waals surface area (Å²) in [4.78, 5) is 29.1. The third kappa shape index (κ3) is 6.70. The minimum absolute atomic E-state index is 0.165. The molecule has 4 aromatic rings. The molecule has 6 nitrogen and oxygen atoms in total. The van der Waals surface area contributed by atoms with Crippen molar-refractivity contribution >= 4 is 29.0 Å². The van der Waals surface area contributed by atoms with E-state index in [1.807, 2.05) is 43.3 Å². The van der Waals surface area contributed by atoms with Crippen molar-refractivity contribution in [3.8, 4) is 0 Å². The van der Waals surface area contributed by atoms with Crippen LogP contribution in [0.15, 0.2) is 102 Å². The Morgan fingerprint density at radius 1 is 0.757 bits per heavy atom. The smallest absolute Gasteiger partial charge is 0.255 e. The van der Waals surface area contributed by atoms with Gasteiger partial charge in [-0.1, -0.05) is 66.7 Å². The second-order valence-electron chi connectivity index (χ2n) is 8.90. The molecule has 0 unspecified atom stereocenters. The molecule has 0 bridgehead atoms. The molecule has 0 spiro atoms. The maximum atomic E-state index is 12.9. The summed E-state index contributed by atoms with van der Waals surface area (Å²) < 4.78 is 0. The van der Waals surface area contributed by atoms with Crippen LogP contribution in [0.1, 0.15) is 49.4 Å². The molecule has 4 rings (SSSR count). The molecule has 0 aromatic heterocycles. The lowest BCUT2D eigenvalue weighted by molar-refractivity contribution is 0.0997. The lowest BCUT2D eigenvalue weighted by Gasteiger charge is -2.11. The number of benzene rings is 4. The summed E-state index contributed by atoms with van der Waals surface area (Å²) in [5.41, 5.74) is 17.6. The maximum Gasteiger partial charge on any atom is 0.255 e. The van der Waals surface area contributed by atoms with Gasteiger partial charge in [-0.3, -0.25) is 9.59 Å². The van der Waals surface area contributed by atoms with Gasteiger partial charge in [0.05, 0.1) is 11.3 Å².